The minimum Gasteiger partial charge on any atom is -0.308 e. The largest absolute Gasteiger partial charge is 0.308 e. The Kier molecular flexibility index (Phi) is 6.94. The molecule has 0 saturated carbocycles. The summed E-state index contributed by atoms with van der Waals surface area (Å²) in [5.41, 5.74) is 1.50. The number of hydrogen-bond donors (Lipinski definition) is 1. The number of aromatic nitrogens is 8. The second kappa shape index (κ2) is 10.1. The van der Waals surface area contributed by atoms with E-state index < -0.39 is 16.7 Å². The summed E-state index contributed by atoms with van der Waals surface area (Å²) in [6.45, 7) is 4.01. The first-order valence-electron chi connectivity index (χ1n) is 11.3. The Hall–Kier alpha value is -4.03. The van der Waals surface area contributed by atoms with Gasteiger partial charge in [0.15, 0.2) is 5.69 Å². The minimum atomic E-state index is -3.07. The second-order valence-electron chi connectivity index (χ2n) is 8.15. The molecular weight excluding hydrogens is 460 g/mol. The molecule has 13 heteroatoms. The first-order valence-corrected chi connectivity index (χ1v) is 11.3. The lowest BCUT2D eigenvalue weighted by atomic mass is 10.2. The van der Waals surface area contributed by atoms with Crippen LogP contribution >= 0.6 is 0 Å². The number of H-pyrrole nitrogens is 1. The number of nitro groups is 1. The molecule has 184 valence electrons. The van der Waals surface area contributed by atoms with E-state index in [0.29, 0.717) is 24.4 Å². The van der Waals surface area contributed by atoms with Crippen LogP contribution in [0.15, 0.2) is 36.5 Å². The third-order valence-corrected chi connectivity index (χ3v) is 5.56. The van der Waals surface area contributed by atoms with Crippen LogP contribution in [0.25, 0.3) is 17.2 Å². The van der Waals surface area contributed by atoms with Gasteiger partial charge in [-0.05, 0) is 35.8 Å². The predicted molar refractivity (Wildman–Crippen MR) is 122 cm³/mol. The Bertz CT molecular complexity index is 1280. The molecule has 0 aliphatic rings. The number of benzene rings is 1. The van der Waals surface area contributed by atoms with Gasteiger partial charge in [0.2, 0.25) is 11.6 Å². The van der Waals surface area contributed by atoms with Crippen molar-refractivity contribution >= 4 is 5.69 Å². The molecule has 0 bridgehead atoms. The van der Waals surface area contributed by atoms with E-state index in [1.807, 2.05) is 19.1 Å². The summed E-state index contributed by atoms with van der Waals surface area (Å²) < 4.78 is 32.0. The number of nitrogens with zero attached hydrogens (tertiary/aromatic N) is 8. The van der Waals surface area contributed by atoms with Crippen LogP contribution in [0.1, 0.15) is 56.7 Å². The molecule has 1 N–H and O–H groups in total. The molecule has 4 rings (SSSR count). The molecule has 11 nitrogen and oxygen atoms in total. The van der Waals surface area contributed by atoms with Gasteiger partial charge in [0.25, 0.3) is 5.69 Å². The van der Waals surface area contributed by atoms with Crippen molar-refractivity contribution in [2.45, 2.75) is 58.4 Å². The van der Waals surface area contributed by atoms with Gasteiger partial charge in [0, 0.05) is 30.8 Å². The average Bonchev–Trinajstić information content (AvgIpc) is 3.57. The summed E-state index contributed by atoms with van der Waals surface area (Å²) in [7, 11) is 0. The maximum Gasteiger partial charge on any atom is 0.308 e. The first kappa shape index (κ1) is 24.1. The lowest BCUT2D eigenvalue weighted by Crippen LogP contribution is -2.15. The quantitative estimate of drug-likeness (QED) is 0.245. The van der Waals surface area contributed by atoms with Gasteiger partial charge in [0.1, 0.15) is 5.82 Å². The standard InChI is InChI=1S/C22H25F2N9O2/c1-3-5-6-18-25-21(22(23,24)12-4-2)28-32(18)14-15-7-9-16(10-8-15)31-13-11-17(33(34)35)19(31)20-26-29-30-27-20/h7-11,13H,3-6,12,14H2,1-2H3,(H,26,27,29,30). The highest BCUT2D eigenvalue weighted by Gasteiger charge is 2.36. The van der Waals surface area contributed by atoms with Crippen molar-refractivity contribution in [1.29, 1.82) is 0 Å². The number of unbranched alkanes of at least 4 members (excludes halogenated alkanes) is 1. The molecule has 0 atom stereocenters. The molecule has 0 amide bonds. The summed E-state index contributed by atoms with van der Waals surface area (Å²) in [6, 6.07) is 8.55. The molecule has 0 aliphatic heterocycles. The molecule has 0 radical (unpaired) electrons. The number of tetrazole rings is 1. The van der Waals surface area contributed by atoms with Crippen molar-refractivity contribution in [2.24, 2.45) is 0 Å². The zero-order chi connectivity index (χ0) is 25.0. The Balaban J connectivity index is 1.62. The van der Waals surface area contributed by atoms with Crippen LogP contribution in [0.4, 0.5) is 14.5 Å². The van der Waals surface area contributed by atoms with Crippen molar-refractivity contribution in [3.63, 3.8) is 0 Å². The van der Waals surface area contributed by atoms with Crippen molar-refractivity contribution in [3.05, 3.63) is 63.9 Å². The van der Waals surface area contributed by atoms with Crippen molar-refractivity contribution in [1.82, 2.24) is 40.0 Å². The average molecular weight is 485 g/mol. The monoisotopic (exact) mass is 485 g/mol. The van der Waals surface area contributed by atoms with Gasteiger partial charge < -0.3 is 4.57 Å². The fourth-order valence-corrected chi connectivity index (χ4v) is 3.81. The molecule has 0 aliphatic carbocycles. The van der Waals surface area contributed by atoms with E-state index in [1.54, 1.807) is 29.8 Å². The Morgan fingerprint density at radius 1 is 1.14 bits per heavy atom. The zero-order valence-electron chi connectivity index (χ0n) is 19.4. The summed E-state index contributed by atoms with van der Waals surface area (Å²) in [5.74, 6) is -2.89. The molecule has 35 heavy (non-hydrogen) atoms. The van der Waals surface area contributed by atoms with Gasteiger partial charge in [-0.25, -0.2) is 9.67 Å². The van der Waals surface area contributed by atoms with Crippen LogP contribution in [0.2, 0.25) is 0 Å². The highest BCUT2D eigenvalue weighted by atomic mass is 19.3. The number of rotatable bonds is 11. The number of aryl methyl sites for hydroxylation is 1. The van der Waals surface area contributed by atoms with E-state index in [9.17, 15) is 18.9 Å². The molecule has 4 aromatic rings. The van der Waals surface area contributed by atoms with Gasteiger partial charge in [0.05, 0.1) is 11.5 Å². The molecule has 0 unspecified atom stereocenters. The first-order chi connectivity index (χ1) is 16.8. The van der Waals surface area contributed by atoms with Crippen LogP contribution in [0.5, 0.6) is 0 Å². The smallest absolute Gasteiger partial charge is 0.308 e. The molecular formula is C22H25F2N9O2. The molecule has 3 aromatic heterocycles. The maximum atomic E-state index is 14.5. The lowest BCUT2D eigenvalue weighted by molar-refractivity contribution is -0.384. The Morgan fingerprint density at radius 3 is 2.54 bits per heavy atom. The Labute approximate surface area is 199 Å². The second-order valence-corrected chi connectivity index (χ2v) is 8.15. The van der Waals surface area contributed by atoms with Crippen LogP contribution < -0.4 is 0 Å². The predicted octanol–water partition coefficient (Wildman–Crippen LogP) is 4.44. The van der Waals surface area contributed by atoms with Crippen LogP contribution in [0, 0.1) is 10.1 Å². The molecule has 0 spiro atoms. The van der Waals surface area contributed by atoms with Gasteiger partial charge in [-0.15, -0.1) is 15.3 Å². The van der Waals surface area contributed by atoms with Gasteiger partial charge in [-0.2, -0.15) is 14.0 Å². The van der Waals surface area contributed by atoms with Gasteiger partial charge in [-0.1, -0.05) is 32.4 Å². The molecule has 1 aromatic carbocycles. The summed E-state index contributed by atoms with van der Waals surface area (Å²) in [6.07, 6.45) is 3.88. The van der Waals surface area contributed by atoms with Crippen molar-refractivity contribution < 1.29 is 13.7 Å². The van der Waals surface area contributed by atoms with Crippen LogP contribution in [-0.2, 0) is 18.9 Å². The fraction of sp³-hybridized carbons (Fsp3) is 0.409. The van der Waals surface area contributed by atoms with Crippen LogP contribution in [0.3, 0.4) is 0 Å². The number of aromatic amines is 1. The van der Waals surface area contributed by atoms with E-state index >= 15 is 0 Å². The number of hydrogen-bond acceptors (Lipinski definition) is 7. The highest BCUT2D eigenvalue weighted by molar-refractivity contribution is 5.67. The molecule has 0 fully saturated rings. The summed E-state index contributed by atoms with van der Waals surface area (Å²) >= 11 is 0. The Morgan fingerprint density at radius 2 is 1.91 bits per heavy atom. The fourth-order valence-electron chi connectivity index (χ4n) is 3.81. The summed E-state index contributed by atoms with van der Waals surface area (Å²) in [4.78, 5) is 15.1. The zero-order valence-corrected chi connectivity index (χ0v) is 19.4. The normalized spacial score (nSPS) is 11.8. The van der Waals surface area contributed by atoms with E-state index in [4.69, 9.17) is 0 Å². The molecule has 0 saturated heterocycles. The third kappa shape index (κ3) is 5.08. The lowest BCUT2D eigenvalue weighted by Gasteiger charge is -2.10. The van der Waals surface area contributed by atoms with Gasteiger partial charge >= 0.3 is 5.92 Å². The molecule has 3 heterocycles. The van der Waals surface area contributed by atoms with E-state index in [2.05, 4.69) is 30.7 Å². The number of alkyl halides is 2. The number of nitrogens with one attached hydrogen (secondary N) is 1. The van der Waals surface area contributed by atoms with E-state index in [0.717, 1.165) is 18.4 Å². The van der Waals surface area contributed by atoms with Gasteiger partial charge in [-0.3, -0.25) is 10.1 Å². The van der Waals surface area contributed by atoms with E-state index in [1.165, 1.54) is 10.7 Å². The topological polar surface area (TPSA) is 133 Å². The SMILES string of the molecule is CCCCc1nc(C(F)(F)CCC)nn1Cc1ccc(-n2ccc([N+](=O)[O-])c2-c2nn[nH]n2)cc1. The number of halogens is 2. The van der Waals surface area contributed by atoms with Crippen molar-refractivity contribution in [2.75, 3.05) is 0 Å². The van der Waals surface area contributed by atoms with Crippen LogP contribution in [-0.4, -0.2) is 44.9 Å². The van der Waals surface area contributed by atoms with E-state index in [-0.39, 0.29) is 30.2 Å². The maximum absolute atomic E-state index is 14.5. The van der Waals surface area contributed by atoms with Crippen molar-refractivity contribution in [3.8, 4) is 17.2 Å². The highest BCUT2D eigenvalue weighted by Crippen LogP contribution is 2.32. The minimum absolute atomic E-state index is 0.0921. The summed E-state index contributed by atoms with van der Waals surface area (Å²) in [5, 5.41) is 29.2. The third-order valence-electron chi connectivity index (χ3n) is 5.56.